The van der Waals surface area contributed by atoms with Crippen molar-refractivity contribution >= 4 is 11.9 Å². The third-order valence-corrected chi connectivity index (χ3v) is 1.65. The lowest BCUT2D eigenvalue weighted by Crippen LogP contribution is -1.98. The number of carbonyl (C=O) groups is 2. The smallest absolute Gasteiger partial charge is 0.350 e. The average molecular weight is 228 g/mol. The van der Waals surface area contributed by atoms with Crippen LogP contribution in [0.4, 0.5) is 0 Å². The van der Waals surface area contributed by atoms with Crippen LogP contribution in [0.15, 0.2) is 18.2 Å². The van der Waals surface area contributed by atoms with E-state index in [0.29, 0.717) is 0 Å². The Morgan fingerprint density at radius 1 is 1.06 bits per heavy atom. The van der Waals surface area contributed by atoms with Crippen LogP contribution in [0.25, 0.3) is 0 Å². The number of cyclic esters (lactones) is 2. The van der Waals surface area contributed by atoms with E-state index in [-0.39, 0.29) is 16.9 Å². The fourth-order valence-electron chi connectivity index (χ4n) is 1.11. The number of esters is 2. The number of fused-ring (bicyclic) bond motifs is 1. The maximum absolute atomic E-state index is 10.9. The van der Waals surface area contributed by atoms with Crippen LogP contribution in [0.2, 0.25) is 0 Å². The molecule has 1 aromatic carbocycles. The zero-order valence-electron chi connectivity index (χ0n) is 7.82. The standard InChI is InChI=1S/C8H4O4.CH4O3/c9-5-3-1-2-4-6(5)8(11)12-7(4)10;2-1(3)4/h1-3,9H;1-4H. The predicted molar refractivity (Wildman–Crippen MR) is 48.3 cm³/mol. The molecule has 0 fully saturated rings. The molecule has 1 heterocycles. The number of benzene rings is 1. The number of phenols is 1. The molecule has 0 unspecified atom stereocenters. The summed E-state index contributed by atoms with van der Waals surface area (Å²) >= 11 is 0. The molecule has 0 amide bonds. The summed E-state index contributed by atoms with van der Waals surface area (Å²) < 4.78 is 4.27. The molecule has 0 atom stereocenters. The number of aromatic hydroxyl groups is 1. The zero-order chi connectivity index (χ0) is 12.3. The minimum Gasteiger partial charge on any atom is -0.507 e. The monoisotopic (exact) mass is 228 g/mol. The number of rotatable bonds is 0. The molecule has 0 bridgehead atoms. The molecule has 0 aromatic heterocycles. The van der Waals surface area contributed by atoms with Gasteiger partial charge in [0.1, 0.15) is 11.3 Å². The minimum absolute atomic E-state index is 0.0394. The molecule has 1 aromatic rings. The van der Waals surface area contributed by atoms with Crippen molar-refractivity contribution in [2.24, 2.45) is 0 Å². The molecule has 2 rings (SSSR count). The molecule has 1 aliphatic heterocycles. The largest absolute Gasteiger partial charge is 0.507 e. The van der Waals surface area contributed by atoms with Gasteiger partial charge in [-0.1, -0.05) is 6.07 Å². The Labute approximate surface area is 89.1 Å². The highest BCUT2D eigenvalue weighted by molar-refractivity contribution is 6.16. The summed E-state index contributed by atoms with van der Waals surface area (Å²) in [5.74, 6) is -1.71. The number of aliphatic hydroxyl groups is 3. The molecule has 1 aliphatic rings. The van der Waals surface area contributed by atoms with Gasteiger partial charge in [-0.05, 0) is 12.1 Å². The van der Waals surface area contributed by atoms with Crippen molar-refractivity contribution in [3.8, 4) is 5.75 Å². The molecular formula is C9H8O7. The van der Waals surface area contributed by atoms with Gasteiger partial charge in [0.25, 0.3) is 6.48 Å². The van der Waals surface area contributed by atoms with Crippen molar-refractivity contribution in [3.63, 3.8) is 0 Å². The quantitative estimate of drug-likeness (QED) is 0.253. The molecule has 0 aliphatic carbocycles. The minimum atomic E-state index is -2.17. The van der Waals surface area contributed by atoms with E-state index < -0.39 is 18.4 Å². The van der Waals surface area contributed by atoms with Gasteiger partial charge in [0.05, 0.1) is 5.56 Å². The van der Waals surface area contributed by atoms with E-state index in [1.54, 1.807) is 0 Å². The molecule has 16 heavy (non-hydrogen) atoms. The lowest BCUT2D eigenvalue weighted by molar-refractivity contribution is -0.198. The first kappa shape index (κ1) is 12.1. The topological polar surface area (TPSA) is 124 Å². The van der Waals surface area contributed by atoms with Gasteiger partial charge in [-0.15, -0.1) is 0 Å². The second-order valence-electron chi connectivity index (χ2n) is 2.72. The fraction of sp³-hybridized carbons (Fsp3) is 0.111. The maximum atomic E-state index is 10.9. The second-order valence-corrected chi connectivity index (χ2v) is 2.72. The van der Waals surface area contributed by atoms with E-state index in [9.17, 15) is 9.59 Å². The van der Waals surface area contributed by atoms with Gasteiger partial charge in [-0.25, -0.2) is 9.59 Å². The summed E-state index contributed by atoms with van der Waals surface area (Å²) in [6.07, 6.45) is 0. The molecule has 0 spiro atoms. The lowest BCUT2D eigenvalue weighted by atomic mass is 10.1. The number of ether oxygens (including phenoxy) is 1. The van der Waals surface area contributed by atoms with Crippen molar-refractivity contribution in [3.05, 3.63) is 29.3 Å². The van der Waals surface area contributed by atoms with Gasteiger partial charge in [-0.3, -0.25) is 0 Å². The van der Waals surface area contributed by atoms with Crippen LogP contribution in [0.1, 0.15) is 20.7 Å². The van der Waals surface area contributed by atoms with Crippen LogP contribution in [-0.2, 0) is 4.74 Å². The maximum Gasteiger partial charge on any atom is 0.350 e. The van der Waals surface area contributed by atoms with Crippen LogP contribution in [0, 0.1) is 0 Å². The summed E-state index contributed by atoms with van der Waals surface area (Å²) in [6, 6.07) is 4.25. The molecule has 0 radical (unpaired) electrons. The summed E-state index contributed by atoms with van der Waals surface area (Å²) in [5, 5.41) is 30.7. The van der Waals surface area contributed by atoms with Gasteiger partial charge in [0.2, 0.25) is 0 Å². The van der Waals surface area contributed by atoms with Crippen molar-refractivity contribution in [1.29, 1.82) is 0 Å². The molecule has 0 saturated carbocycles. The second kappa shape index (κ2) is 4.71. The average Bonchev–Trinajstić information content (AvgIpc) is 2.43. The Bertz CT molecular complexity index is 421. The van der Waals surface area contributed by atoms with Crippen LogP contribution in [0.3, 0.4) is 0 Å². The molecule has 7 heteroatoms. The number of hydrogen-bond acceptors (Lipinski definition) is 7. The molecule has 4 N–H and O–H groups in total. The van der Waals surface area contributed by atoms with Crippen molar-refractivity contribution < 1.29 is 34.8 Å². The number of hydrogen-bond donors (Lipinski definition) is 4. The third kappa shape index (κ3) is 2.54. The Hall–Kier alpha value is -1.96. The van der Waals surface area contributed by atoms with Crippen molar-refractivity contribution in [2.45, 2.75) is 6.48 Å². The Morgan fingerprint density at radius 2 is 1.62 bits per heavy atom. The summed E-state index contributed by atoms with van der Waals surface area (Å²) in [6.45, 7) is -2.17. The Kier molecular flexibility index (Phi) is 3.56. The first-order valence-corrected chi connectivity index (χ1v) is 4.06. The van der Waals surface area contributed by atoms with Gasteiger partial charge in [-0.2, -0.15) is 0 Å². The van der Waals surface area contributed by atoms with E-state index in [1.165, 1.54) is 18.2 Å². The summed E-state index contributed by atoms with van der Waals surface area (Å²) in [5.41, 5.74) is 0.0856. The van der Waals surface area contributed by atoms with E-state index in [4.69, 9.17) is 20.4 Å². The third-order valence-electron chi connectivity index (χ3n) is 1.65. The summed E-state index contributed by atoms with van der Waals surface area (Å²) in [7, 11) is 0. The van der Waals surface area contributed by atoms with Gasteiger partial charge < -0.3 is 25.2 Å². The SMILES string of the molecule is O=C1OC(=O)c2c(O)cccc21.OC(O)O. The summed E-state index contributed by atoms with van der Waals surface area (Å²) in [4.78, 5) is 21.8. The lowest BCUT2D eigenvalue weighted by Gasteiger charge is -1.93. The molecule has 86 valence electrons. The van der Waals surface area contributed by atoms with Crippen LogP contribution in [0.5, 0.6) is 5.75 Å². The van der Waals surface area contributed by atoms with Gasteiger partial charge in [0.15, 0.2) is 0 Å². The van der Waals surface area contributed by atoms with E-state index in [1.807, 2.05) is 0 Å². The van der Waals surface area contributed by atoms with Crippen molar-refractivity contribution in [1.82, 2.24) is 0 Å². The normalized spacial score (nSPS) is 13.0. The Morgan fingerprint density at radius 3 is 2.12 bits per heavy atom. The van der Waals surface area contributed by atoms with E-state index in [2.05, 4.69) is 4.74 Å². The highest BCUT2D eigenvalue weighted by Crippen LogP contribution is 2.27. The number of phenolic OH excluding ortho intramolecular Hbond substituents is 1. The van der Waals surface area contributed by atoms with Gasteiger partial charge in [0, 0.05) is 0 Å². The van der Waals surface area contributed by atoms with E-state index >= 15 is 0 Å². The van der Waals surface area contributed by atoms with Crippen LogP contribution in [-0.4, -0.2) is 38.8 Å². The Balaban J connectivity index is 0.000000280. The first-order valence-electron chi connectivity index (χ1n) is 4.06. The first-order chi connectivity index (χ1) is 7.43. The molecule has 0 saturated heterocycles. The van der Waals surface area contributed by atoms with Crippen LogP contribution >= 0.6 is 0 Å². The fourth-order valence-corrected chi connectivity index (χ4v) is 1.11. The zero-order valence-corrected chi connectivity index (χ0v) is 7.82. The van der Waals surface area contributed by atoms with Crippen LogP contribution < -0.4 is 0 Å². The number of aliphatic hydroxyl groups excluding tert-OH is 1. The van der Waals surface area contributed by atoms with Crippen molar-refractivity contribution in [2.75, 3.05) is 0 Å². The van der Waals surface area contributed by atoms with Gasteiger partial charge >= 0.3 is 11.9 Å². The molecule has 7 nitrogen and oxygen atoms in total. The predicted octanol–water partition coefficient (Wildman–Crippen LogP) is -1.05. The molecular weight excluding hydrogens is 220 g/mol. The number of carbonyl (C=O) groups excluding carboxylic acids is 2. The highest BCUT2D eigenvalue weighted by Gasteiger charge is 2.31. The van der Waals surface area contributed by atoms with E-state index in [0.717, 1.165) is 0 Å². The highest BCUT2D eigenvalue weighted by atomic mass is 16.6.